The Morgan fingerprint density at radius 3 is 2.00 bits per heavy atom. The number of nitrogens with zero attached hydrogens (tertiary/aromatic N) is 2. The zero-order valence-electron chi connectivity index (χ0n) is 12.8. The minimum atomic E-state index is -2.96. The Kier molecular flexibility index (Phi) is 4.13. The second kappa shape index (κ2) is 5.58. The minimum absolute atomic E-state index is 0.0563. The van der Waals surface area contributed by atoms with Gasteiger partial charge in [0.1, 0.15) is 0 Å². The number of hydrogen-bond donors (Lipinski definition) is 0. The van der Waals surface area contributed by atoms with Crippen molar-refractivity contribution in [2.45, 2.75) is 57.2 Å². The summed E-state index contributed by atoms with van der Waals surface area (Å²) < 4.78 is 26.6. The number of piperidine rings is 1. The molecule has 4 nitrogen and oxygen atoms in total. The van der Waals surface area contributed by atoms with Crippen molar-refractivity contribution < 1.29 is 8.42 Å². The van der Waals surface area contributed by atoms with E-state index >= 15 is 0 Å². The van der Waals surface area contributed by atoms with Gasteiger partial charge in [0, 0.05) is 32.2 Å². The van der Waals surface area contributed by atoms with Crippen LogP contribution in [0.25, 0.3) is 0 Å². The van der Waals surface area contributed by atoms with Crippen LogP contribution in [0.3, 0.4) is 0 Å². The Balaban J connectivity index is 1.48. The highest BCUT2D eigenvalue weighted by Crippen LogP contribution is 2.35. The quantitative estimate of drug-likeness (QED) is 0.796. The molecule has 0 atom stereocenters. The van der Waals surface area contributed by atoms with Crippen molar-refractivity contribution in [3.8, 4) is 0 Å². The van der Waals surface area contributed by atoms with Crippen molar-refractivity contribution in [1.82, 2.24) is 9.21 Å². The fourth-order valence-corrected chi connectivity index (χ4v) is 5.82. The van der Waals surface area contributed by atoms with E-state index in [2.05, 4.69) is 18.7 Å². The molecule has 3 aliphatic rings. The largest absolute Gasteiger partial charge is 0.300 e. The van der Waals surface area contributed by atoms with Crippen LogP contribution in [0, 0.1) is 11.8 Å². The Morgan fingerprint density at radius 2 is 1.55 bits per heavy atom. The molecule has 2 heterocycles. The van der Waals surface area contributed by atoms with Crippen molar-refractivity contribution >= 4 is 10.0 Å². The van der Waals surface area contributed by atoms with E-state index in [1.807, 2.05) is 0 Å². The van der Waals surface area contributed by atoms with E-state index in [0.717, 1.165) is 57.0 Å². The highest BCUT2D eigenvalue weighted by atomic mass is 32.2. The first-order chi connectivity index (χ1) is 9.48. The van der Waals surface area contributed by atoms with E-state index in [4.69, 9.17) is 0 Å². The van der Waals surface area contributed by atoms with Crippen LogP contribution in [-0.4, -0.2) is 55.1 Å². The maximum atomic E-state index is 12.4. The van der Waals surface area contributed by atoms with Gasteiger partial charge in [-0.1, -0.05) is 6.42 Å². The molecular weight excluding hydrogens is 272 g/mol. The molecule has 0 aromatic carbocycles. The van der Waals surface area contributed by atoms with Crippen LogP contribution in [0.5, 0.6) is 0 Å². The first kappa shape index (κ1) is 14.8. The van der Waals surface area contributed by atoms with E-state index in [0.29, 0.717) is 6.04 Å². The maximum absolute atomic E-state index is 12.4. The fraction of sp³-hybridized carbons (Fsp3) is 1.00. The van der Waals surface area contributed by atoms with Crippen LogP contribution in [0.1, 0.15) is 46.0 Å². The lowest BCUT2D eigenvalue weighted by Crippen LogP contribution is -2.55. The number of rotatable bonds is 4. The lowest BCUT2D eigenvalue weighted by molar-refractivity contribution is 0.0159. The number of likely N-dealkylation sites (tertiary alicyclic amines) is 1. The minimum Gasteiger partial charge on any atom is -0.300 e. The Bertz CT molecular complexity index is 431. The van der Waals surface area contributed by atoms with E-state index < -0.39 is 10.0 Å². The van der Waals surface area contributed by atoms with Crippen molar-refractivity contribution in [3.63, 3.8) is 0 Å². The average molecular weight is 300 g/mol. The molecule has 0 aromatic rings. The first-order valence-corrected chi connectivity index (χ1v) is 9.72. The molecule has 3 fully saturated rings. The van der Waals surface area contributed by atoms with E-state index in [1.54, 1.807) is 4.31 Å². The maximum Gasteiger partial charge on any atom is 0.216 e. The predicted molar refractivity (Wildman–Crippen MR) is 81.1 cm³/mol. The van der Waals surface area contributed by atoms with Crippen LogP contribution in [0.4, 0.5) is 0 Å². The summed E-state index contributed by atoms with van der Waals surface area (Å²) in [6.07, 6.45) is 5.00. The van der Waals surface area contributed by atoms with Gasteiger partial charge in [-0.15, -0.1) is 0 Å². The smallest absolute Gasteiger partial charge is 0.216 e. The molecule has 0 bridgehead atoms. The third kappa shape index (κ3) is 2.64. The van der Waals surface area contributed by atoms with Gasteiger partial charge >= 0.3 is 0 Å². The lowest BCUT2D eigenvalue weighted by Gasteiger charge is -2.48. The van der Waals surface area contributed by atoms with Crippen LogP contribution in [-0.2, 0) is 10.0 Å². The van der Waals surface area contributed by atoms with Gasteiger partial charge in [0.05, 0.1) is 5.25 Å². The van der Waals surface area contributed by atoms with Crippen molar-refractivity contribution in [2.24, 2.45) is 11.8 Å². The fourth-order valence-electron chi connectivity index (χ4n) is 3.75. The Hall–Kier alpha value is -0.130. The van der Waals surface area contributed by atoms with Crippen molar-refractivity contribution in [1.29, 1.82) is 0 Å². The summed E-state index contributed by atoms with van der Waals surface area (Å²) in [5.74, 6) is 1.56. The van der Waals surface area contributed by atoms with Crippen LogP contribution in [0.15, 0.2) is 0 Å². The van der Waals surface area contributed by atoms with Gasteiger partial charge in [-0.3, -0.25) is 0 Å². The first-order valence-electron chi connectivity index (χ1n) is 8.21. The lowest BCUT2D eigenvalue weighted by atomic mass is 9.79. The SMILES string of the molecule is CC(C)N1CC(C2CCN(S(=O)(=O)C3CCC3)CC2)C1. The normalized spacial score (nSPS) is 28.6. The van der Waals surface area contributed by atoms with Gasteiger partial charge in [-0.05, 0) is 51.4 Å². The van der Waals surface area contributed by atoms with Crippen LogP contribution >= 0.6 is 0 Å². The topological polar surface area (TPSA) is 40.6 Å². The van der Waals surface area contributed by atoms with Crippen molar-refractivity contribution in [3.05, 3.63) is 0 Å². The molecule has 2 saturated heterocycles. The molecule has 0 N–H and O–H groups in total. The Labute approximate surface area is 123 Å². The van der Waals surface area contributed by atoms with Crippen LogP contribution < -0.4 is 0 Å². The highest BCUT2D eigenvalue weighted by Gasteiger charge is 2.41. The van der Waals surface area contributed by atoms with Gasteiger partial charge in [-0.25, -0.2) is 12.7 Å². The second-order valence-electron chi connectivity index (χ2n) is 7.14. The summed E-state index contributed by atoms with van der Waals surface area (Å²) in [6, 6.07) is 0.658. The zero-order chi connectivity index (χ0) is 14.3. The van der Waals surface area contributed by atoms with Gasteiger partial charge in [0.15, 0.2) is 0 Å². The number of hydrogen-bond acceptors (Lipinski definition) is 3. The molecule has 0 spiro atoms. The van der Waals surface area contributed by atoms with Gasteiger partial charge < -0.3 is 4.90 Å². The third-order valence-electron chi connectivity index (χ3n) is 5.67. The summed E-state index contributed by atoms with van der Waals surface area (Å²) >= 11 is 0. The number of sulfonamides is 1. The molecule has 2 aliphatic heterocycles. The molecule has 116 valence electrons. The van der Waals surface area contributed by atoms with Gasteiger partial charge in [0.25, 0.3) is 0 Å². The predicted octanol–water partition coefficient (Wildman–Crippen LogP) is 1.92. The van der Waals surface area contributed by atoms with Crippen molar-refractivity contribution in [2.75, 3.05) is 26.2 Å². The summed E-state index contributed by atoms with van der Waals surface area (Å²) in [7, 11) is -2.96. The Morgan fingerprint density at radius 1 is 0.950 bits per heavy atom. The van der Waals surface area contributed by atoms with Gasteiger partial charge in [0.2, 0.25) is 10.0 Å². The monoisotopic (exact) mass is 300 g/mol. The molecule has 0 radical (unpaired) electrons. The molecular formula is C15H28N2O2S. The zero-order valence-corrected chi connectivity index (χ0v) is 13.6. The molecule has 0 amide bonds. The highest BCUT2D eigenvalue weighted by molar-refractivity contribution is 7.89. The van der Waals surface area contributed by atoms with E-state index in [1.165, 1.54) is 13.1 Å². The molecule has 1 aliphatic carbocycles. The molecule has 1 saturated carbocycles. The average Bonchev–Trinajstić information content (AvgIpc) is 2.24. The second-order valence-corrected chi connectivity index (χ2v) is 9.36. The molecule has 3 rings (SSSR count). The van der Waals surface area contributed by atoms with Crippen LogP contribution in [0.2, 0.25) is 0 Å². The van der Waals surface area contributed by atoms with E-state index in [9.17, 15) is 8.42 Å². The summed E-state index contributed by atoms with van der Waals surface area (Å²) in [5, 5.41) is -0.0563. The molecule has 20 heavy (non-hydrogen) atoms. The molecule has 5 heteroatoms. The summed E-state index contributed by atoms with van der Waals surface area (Å²) in [4.78, 5) is 2.52. The molecule has 0 aromatic heterocycles. The molecule has 0 unspecified atom stereocenters. The third-order valence-corrected chi connectivity index (χ3v) is 8.07. The van der Waals surface area contributed by atoms with E-state index in [-0.39, 0.29) is 5.25 Å². The summed E-state index contributed by atoms with van der Waals surface area (Å²) in [5.41, 5.74) is 0. The summed E-state index contributed by atoms with van der Waals surface area (Å²) in [6.45, 7) is 8.48. The standard InChI is InChI=1S/C15H28N2O2S/c1-12(2)16-10-14(11-16)13-6-8-17(9-7-13)20(18,19)15-4-3-5-15/h12-15H,3-11H2,1-2H3. The van der Waals surface area contributed by atoms with Gasteiger partial charge in [-0.2, -0.15) is 0 Å².